The van der Waals surface area contributed by atoms with Gasteiger partial charge >= 0.3 is 12.1 Å². The molecule has 2 N–H and O–H groups in total. The second-order valence-corrected chi connectivity index (χ2v) is 7.64. The number of rotatable bonds is 4. The summed E-state index contributed by atoms with van der Waals surface area (Å²) >= 11 is 6.51. The van der Waals surface area contributed by atoms with Crippen molar-refractivity contribution in [1.29, 1.82) is 0 Å². The van der Waals surface area contributed by atoms with Gasteiger partial charge in [-0.1, -0.05) is 11.6 Å². The van der Waals surface area contributed by atoms with Crippen LogP contribution in [0, 0.1) is 13.8 Å². The molecule has 0 aliphatic carbocycles. The highest BCUT2D eigenvalue weighted by Crippen LogP contribution is 2.36. The monoisotopic (exact) mass is 459 g/mol. The highest BCUT2D eigenvalue weighted by Gasteiger charge is 2.34. The van der Waals surface area contributed by atoms with Crippen LogP contribution in [0.2, 0.25) is 5.02 Å². The van der Waals surface area contributed by atoms with Crippen LogP contribution in [0.4, 0.5) is 18.9 Å². The van der Waals surface area contributed by atoms with Crippen molar-refractivity contribution < 1.29 is 27.5 Å². The average Bonchev–Trinajstić information content (AvgIpc) is 2.97. The van der Waals surface area contributed by atoms with Crippen LogP contribution in [0.3, 0.4) is 0 Å². The van der Waals surface area contributed by atoms with Gasteiger partial charge in [-0.2, -0.15) is 13.2 Å². The van der Waals surface area contributed by atoms with E-state index < -0.39 is 41.5 Å². The lowest BCUT2D eigenvalue weighted by molar-refractivity contribution is -0.137. The molecule has 0 saturated carbocycles. The number of alkyl halides is 3. The summed E-state index contributed by atoms with van der Waals surface area (Å²) in [5.74, 6) is -1.49. The van der Waals surface area contributed by atoms with Crippen molar-refractivity contribution in [1.82, 2.24) is 9.97 Å². The number of anilines is 1. The number of nitrogens with zero attached hydrogens (tertiary/aromatic N) is 1. The maximum absolute atomic E-state index is 13.1. The highest BCUT2D eigenvalue weighted by atomic mass is 35.5. The first-order chi connectivity index (χ1) is 14.0. The van der Waals surface area contributed by atoms with E-state index in [1.165, 1.54) is 13.0 Å². The van der Waals surface area contributed by atoms with Crippen molar-refractivity contribution in [3.63, 3.8) is 0 Å². The molecule has 0 atom stereocenters. The lowest BCUT2D eigenvalue weighted by atomic mass is 10.1. The number of carbonyl (C=O) groups is 2. The van der Waals surface area contributed by atoms with Gasteiger partial charge in [0.25, 0.3) is 11.5 Å². The number of aryl methyl sites for hydroxylation is 2. The van der Waals surface area contributed by atoms with Crippen molar-refractivity contribution in [3.05, 3.63) is 55.4 Å². The van der Waals surface area contributed by atoms with E-state index >= 15 is 0 Å². The van der Waals surface area contributed by atoms with Crippen LogP contribution in [0.5, 0.6) is 0 Å². The van der Waals surface area contributed by atoms with E-state index in [1.54, 1.807) is 6.92 Å². The van der Waals surface area contributed by atoms with Gasteiger partial charge in [-0.3, -0.25) is 9.59 Å². The van der Waals surface area contributed by atoms with E-state index in [0.717, 1.165) is 17.4 Å². The molecular formula is C18H13ClF3N3O4S. The average molecular weight is 460 g/mol. The summed E-state index contributed by atoms with van der Waals surface area (Å²) in [5.41, 5.74) is -1.72. The largest absolute Gasteiger partial charge is 0.451 e. The van der Waals surface area contributed by atoms with Crippen LogP contribution < -0.4 is 10.9 Å². The summed E-state index contributed by atoms with van der Waals surface area (Å²) in [5, 5.41) is 2.14. The van der Waals surface area contributed by atoms with E-state index in [0.29, 0.717) is 22.3 Å². The molecule has 0 bridgehead atoms. The molecule has 7 nitrogen and oxygen atoms in total. The van der Waals surface area contributed by atoms with Crippen LogP contribution in [-0.2, 0) is 15.7 Å². The molecule has 12 heteroatoms. The number of ether oxygens (including phenoxy) is 1. The fourth-order valence-electron chi connectivity index (χ4n) is 2.69. The van der Waals surface area contributed by atoms with E-state index in [2.05, 4.69) is 15.3 Å². The Bertz CT molecular complexity index is 1220. The maximum atomic E-state index is 13.1. The molecule has 158 valence electrons. The Labute approximate surface area is 175 Å². The number of thiophene rings is 1. The van der Waals surface area contributed by atoms with Crippen molar-refractivity contribution in [2.24, 2.45) is 0 Å². The lowest BCUT2D eigenvalue weighted by Gasteiger charge is -2.14. The summed E-state index contributed by atoms with van der Waals surface area (Å²) < 4.78 is 44.2. The van der Waals surface area contributed by atoms with Gasteiger partial charge < -0.3 is 15.0 Å². The summed E-state index contributed by atoms with van der Waals surface area (Å²) in [6.45, 7) is 2.30. The molecule has 1 aromatic carbocycles. The Morgan fingerprint density at radius 1 is 1.30 bits per heavy atom. The zero-order chi connectivity index (χ0) is 22.2. The van der Waals surface area contributed by atoms with Gasteiger partial charge in [0.15, 0.2) is 6.61 Å². The summed E-state index contributed by atoms with van der Waals surface area (Å²) in [6, 6.07) is 2.86. The number of hydrogen-bond acceptors (Lipinski definition) is 6. The second kappa shape index (κ2) is 8.07. The molecule has 0 unspecified atom stereocenters. The van der Waals surface area contributed by atoms with Gasteiger partial charge in [-0.25, -0.2) is 9.78 Å². The highest BCUT2D eigenvalue weighted by molar-refractivity contribution is 7.20. The number of benzene rings is 1. The molecule has 0 radical (unpaired) electrons. The molecule has 0 saturated heterocycles. The predicted molar refractivity (Wildman–Crippen MR) is 105 cm³/mol. The molecule has 1 amide bonds. The van der Waals surface area contributed by atoms with Gasteiger partial charge in [-0.15, -0.1) is 11.3 Å². The Balaban J connectivity index is 1.74. The molecule has 0 fully saturated rings. The standard InChI is InChI=1S/C18H13ClF3N3O4S/c1-7-13-15(27)23-8(2)24-16(13)30-14(7)17(28)29-6-12(26)25-11-4-3-9(19)5-10(11)18(20,21)22/h3-5H,6H2,1-2H3,(H,25,26)(H,23,24,27). The molecule has 0 aliphatic rings. The first-order valence-electron chi connectivity index (χ1n) is 8.31. The minimum Gasteiger partial charge on any atom is -0.451 e. The Morgan fingerprint density at radius 2 is 2.00 bits per heavy atom. The van der Waals surface area contributed by atoms with Gasteiger partial charge in [0.2, 0.25) is 0 Å². The molecular weight excluding hydrogens is 447 g/mol. The fraction of sp³-hybridized carbons (Fsp3) is 0.222. The third-order valence-corrected chi connectivity index (χ3v) is 5.40. The number of carbonyl (C=O) groups excluding carboxylic acids is 2. The van der Waals surface area contributed by atoms with Gasteiger partial charge in [-0.05, 0) is 37.6 Å². The number of nitrogens with one attached hydrogen (secondary N) is 2. The first kappa shape index (κ1) is 21.8. The Hall–Kier alpha value is -2.92. The van der Waals surface area contributed by atoms with Crippen LogP contribution in [0.15, 0.2) is 23.0 Å². The SMILES string of the molecule is Cc1nc2sc(C(=O)OCC(=O)Nc3ccc(Cl)cc3C(F)(F)F)c(C)c2c(=O)[nH]1. The third kappa shape index (κ3) is 4.46. The maximum Gasteiger partial charge on any atom is 0.418 e. The molecule has 0 spiro atoms. The Morgan fingerprint density at radius 3 is 2.67 bits per heavy atom. The number of hydrogen-bond donors (Lipinski definition) is 2. The molecule has 30 heavy (non-hydrogen) atoms. The number of halogens is 4. The van der Waals surface area contributed by atoms with Crippen LogP contribution in [-0.4, -0.2) is 28.5 Å². The van der Waals surface area contributed by atoms with E-state index in [9.17, 15) is 27.6 Å². The molecule has 3 aromatic rings. The quantitative estimate of drug-likeness (QED) is 0.573. The smallest absolute Gasteiger partial charge is 0.418 e. The molecule has 0 aliphatic heterocycles. The number of amides is 1. The van der Waals surface area contributed by atoms with Crippen LogP contribution in [0.1, 0.15) is 26.6 Å². The summed E-state index contributed by atoms with van der Waals surface area (Å²) in [6.07, 6.45) is -4.74. The number of aromatic nitrogens is 2. The minimum atomic E-state index is -4.74. The summed E-state index contributed by atoms with van der Waals surface area (Å²) in [7, 11) is 0. The second-order valence-electron chi connectivity index (χ2n) is 6.20. The molecule has 2 heterocycles. The zero-order valence-corrected chi connectivity index (χ0v) is 17.0. The van der Waals surface area contributed by atoms with Crippen molar-refractivity contribution in [3.8, 4) is 0 Å². The third-order valence-electron chi connectivity index (χ3n) is 4.00. The van der Waals surface area contributed by atoms with Crippen molar-refractivity contribution >= 4 is 50.7 Å². The van der Waals surface area contributed by atoms with Gasteiger partial charge in [0.1, 0.15) is 15.5 Å². The van der Waals surface area contributed by atoms with Gasteiger partial charge in [0.05, 0.1) is 16.6 Å². The van der Waals surface area contributed by atoms with Crippen LogP contribution >= 0.6 is 22.9 Å². The first-order valence-corrected chi connectivity index (χ1v) is 9.50. The summed E-state index contributed by atoms with van der Waals surface area (Å²) in [4.78, 5) is 43.5. The number of H-pyrrole nitrogens is 1. The minimum absolute atomic E-state index is 0.0730. The van der Waals surface area contributed by atoms with Crippen molar-refractivity contribution in [2.75, 3.05) is 11.9 Å². The number of fused-ring (bicyclic) bond motifs is 1. The number of esters is 1. The zero-order valence-electron chi connectivity index (χ0n) is 15.4. The predicted octanol–water partition coefficient (Wildman–Crippen LogP) is 4.07. The van der Waals surface area contributed by atoms with E-state index in [-0.39, 0.29) is 15.3 Å². The van der Waals surface area contributed by atoms with E-state index in [1.807, 2.05) is 0 Å². The Kier molecular flexibility index (Phi) is 5.86. The lowest BCUT2D eigenvalue weighted by Crippen LogP contribution is -2.22. The molecule has 3 rings (SSSR count). The topological polar surface area (TPSA) is 101 Å². The fourth-order valence-corrected chi connectivity index (χ4v) is 3.98. The van der Waals surface area contributed by atoms with Crippen molar-refractivity contribution in [2.45, 2.75) is 20.0 Å². The molecule has 2 aromatic heterocycles. The van der Waals surface area contributed by atoms with E-state index in [4.69, 9.17) is 16.3 Å². The normalized spacial score (nSPS) is 11.5. The number of aromatic amines is 1. The van der Waals surface area contributed by atoms with Crippen LogP contribution in [0.25, 0.3) is 10.2 Å². The van der Waals surface area contributed by atoms with Gasteiger partial charge in [0, 0.05) is 5.02 Å².